The van der Waals surface area contributed by atoms with E-state index in [2.05, 4.69) is 25.6 Å². The number of aromatic nitrogens is 3. The lowest BCUT2D eigenvalue weighted by atomic mass is 10.2. The minimum Gasteiger partial charge on any atom is -0.313 e. The van der Waals surface area contributed by atoms with Crippen LogP contribution < -0.4 is 16.2 Å². The van der Waals surface area contributed by atoms with E-state index in [1.54, 1.807) is 12.3 Å². The summed E-state index contributed by atoms with van der Waals surface area (Å²) in [4.78, 5) is 22.8. The van der Waals surface area contributed by atoms with Crippen molar-refractivity contribution in [1.29, 1.82) is 0 Å². The highest BCUT2D eigenvalue weighted by Gasteiger charge is 2.13. The normalized spacial score (nSPS) is 19.1. The summed E-state index contributed by atoms with van der Waals surface area (Å²) in [6, 6.07) is 2.25. The second kappa shape index (κ2) is 5.46. The van der Waals surface area contributed by atoms with Crippen LogP contribution in [0.2, 0.25) is 0 Å². The van der Waals surface area contributed by atoms with Gasteiger partial charge in [0, 0.05) is 25.3 Å². The fourth-order valence-electron chi connectivity index (χ4n) is 2.48. The van der Waals surface area contributed by atoms with Gasteiger partial charge in [0.15, 0.2) is 0 Å². The van der Waals surface area contributed by atoms with Crippen LogP contribution in [0.15, 0.2) is 23.4 Å². The molecule has 1 aliphatic rings. The van der Waals surface area contributed by atoms with Crippen molar-refractivity contribution in [3.8, 4) is 0 Å². The van der Waals surface area contributed by atoms with Gasteiger partial charge in [0.1, 0.15) is 5.52 Å². The van der Waals surface area contributed by atoms with Gasteiger partial charge in [0.2, 0.25) is 0 Å². The van der Waals surface area contributed by atoms with Gasteiger partial charge in [-0.3, -0.25) is 9.78 Å². The third-order valence-corrected chi connectivity index (χ3v) is 3.48. The van der Waals surface area contributed by atoms with Gasteiger partial charge in [-0.25, -0.2) is 4.98 Å². The van der Waals surface area contributed by atoms with Crippen molar-refractivity contribution in [1.82, 2.24) is 25.6 Å². The second-order valence-corrected chi connectivity index (χ2v) is 4.81. The summed E-state index contributed by atoms with van der Waals surface area (Å²) in [7, 11) is 0. The van der Waals surface area contributed by atoms with Crippen LogP contribution in [-0.4, -0.2) is 34.1 Å². The van der Waals surface area contributed by atoms with Crippen molar-refractivity contribution in [2.24, 2.45) is 0 Å². The lowest BCUT2D eigenvalue weighted by Crippen LogP contribution is -2.33. The Bertz CT molecular complexity index is 618. The zero-order valence-electron chi connectivity index (χ0n) is 10.6. The molecule has 3 rings (SSSR count). The van der Waals surface area contributed by atoms with Gasteiger partial charge >= 0.3 is 0 Å². The topological polar surface area (TPSA) is 82.7 Å². The van der Waals surface area contributed by atoms with Gasteiger partial charge in [-0.2, -0.15) is 0 Å². The Hall–Kier alpha value is -1.79. The molecule has 0 saturated carbocycles. The Labute approximate surface area is 110 Å². The maximum atomic E-state index is 11.7. The molecular weight excluding hydrogens is 242 g/mol. The number of rotatable bonds is 4. The Balaban J connectivity index is 1.73. The summed E-state index contributed by atoms with van der Waals surface area (Å²) in [6.07, 6.45) is 5.54. The van der Waals surface area contributed by atoms with E-state index in [9.17, 15) is 4.79 Å². The molecule has 0 radical (unpaired) electrons. The van der Waals surface area contributed by atoms with Gasteiger partial charge in [-0.05, 0) is 25.5 Å². The van der Waals surface area contributed by atoms with Gasteiger partial charge in [0.25, 0.3) is 5.56 Å². The predicted octanol–water partition coefficient (Wildman–Crippen LogP) is 0.160. The Morgan fingerprint density at radius 2 is 2.37 bits per heavy atom. The highest BCUT2D eigenvalue weighted by atomic mass is 16.1. The molecule has 3 N–H and O–H groups in total. The first-order chi connectivity index (χ1) is 9.34. The molecule has 19 heavy (non-hydrogen) atoms. The molecule has 1 saturated heterocycles. The first kappa shape index (κ1) is 12.3. The highest BCUT2D eigenvalue weighted by molar-refractivity contribution is 5.78. The SMILES string of the molecule is O=c1[nH]cnc2c(CNC[C@@H]3CCCN3)nccc12. The molecule has 0 bridgehead atoms. The molecule has 0 spiro atoms. The van der Waals surface area contributed by atoms with Gasteiger partial charge in [0.05, 0.1) is 17.4 Å². The van der Waals surface area contributed by atoms with E-state index in [4.69, 9.17) is 0 Å². The molecule has 100 valence electrons. The minimum atomic E-state index is -0.119. The highest BCUT2D eigenvalue weighted by Crippen LogP contribution is 2.09. The zero-order valence-corrected chi connectivity index (χ0v) is 10.6. The number of H-pyrrole nitrogens is 1. The zero-order chi connectivity index (χ0) is 13.1. The van der Waals surface area contributed by atoms with Crippen LogP contribution >= 0.6 is 0 Å². The monoisotopic (exact) mass is 259 g/mol. The van der Waals surface area contributed by atoms with E-state index < -0.39 is 0 Å². The Kier molecular flexibility index (Phi) is 3.52. The molecule has 6 heteroatoms. The lowest BCUT2D eigenvalue weighted by Gasteiger charge is -2.11. The van der Waals surface area contributed by atoms with Crippen LogP contribution in [0, 0.1) is 0 Å². The average Bonchev–Trinajstić information content (AvgIpc) is 2.93. The summed E-state index contributed by atoms with van der Waals surface area (Å²) in [5.74, 6) is 0. The number of fused-ring (bicyclic) bond motifs is 1. The summed E-state index contributed by atoms with van der Waals surface area (Å²) >= 11 is 0. The molecule has 2 aromatic heterocycles. The smallest absolute Gasteiger partial charge is 0.258 e. The molecule has 0 unspecified atom stereocenters. The van der Waals surface area contributed by atoms with Crippen LogP contribution in [0.5, 0.6) is 0 Å². The second-order valence-electron chi connectivity index (χ2n) is 4.81. The molecular formula is C13H17N5O. The largest absolute Gasteiger partial charge is 0.313 e. The molecule has 6 nitrogen and oxygen atoms in total. The molecule has 0 aliphatic carbocycles. The fourth-order valence-corrected chi connectivity index (χ4v) is 2.48. The fraction of sp³-hybridized carbons (Fsp3) is 0.462. The molecule has 3 heterocycles. The van der Waals surface area contributed by atoms with Crippen molar-refractivity contribution in [3.05, 3.63) is 34.6 Å². The molecule has 1 aliphatic heterocycles. The quantitative estimate of drug-likeness (QED) is 0.728. The van der Waals surface area contributed by atoms with E-state index in [1.807, 2.05) is 0 Å². The Morgan fingerprint density at radius 3 is 3.21 bits per heavy atom. The van der Waals surface area contributed by atoms with Crippen molar-refractivity contribution in [3.63, 3.8) is 0 Å². The number of nitrogens with zero attached hydrogens (tertiary/aromatic N) is 2. The summed E-state index contributed by atoms with van der Waals surface area (Å²) in [5, 5.41) is 7.40. The van der Waals surface area contributed by atoms with Gasteiger partial charge in [-0.1, -0.05) is 0 Å². The predicted molar refractivity (Wildman–Crippen MR) is 72.9 cm³/mol. The summed E-state index contributed by atoms with van der Waals surface area (Å²) < 4.78 is 0. The van der Waals surface area contributed by atoms with Crippen LogP contribution in [0.3, 0.4) is 0 Å². The van der Waals surface area contributed by atoms with E-state index in [1.165, 1.54) is 19.2 Å². The third kappa shape index (κ3) is 2.64. The number of hydrogen-bond acceptors (Lipinski definition) is 5. The lowest BCUT2D eigenvalue weighted by molar-refractivity contribution is 0.533. The number of aromatic amines is 1. The van der Waals surface area contributed by atoms with Crippen LogP contribution in [0.1, 0.15) is 18.5 Å². The van der Waals surface area contributed by atoms with E-state index >= 15 is 0 Å². The summed E-state index contributed by atoms with van der Waals surface area (Å²) in [5.41, 5.74) is 1.38. The van der Waals surface area contributed by atoms with Gasteiger partial charge in [-0.15, -0.1) is 0 Å². The van der Waals surface area contributed by atoms with E-state index in [0.29, 0.717) is 23.5 Å². The molecule has 1 fully saturated rings. The number of pyridine rings is 1. The Morgan fingerprint density at radius 1 is 1.42 bits per heavy atom. The van der Waals surface area contributed by atoms with Crippen molar-refractivity contribution >= 4 is 10.9 Å². The standard InChI is InChI=1S/C13H17N5O/c19-13-10-3-5-16-11(12(10)17-8-18-13)7-14-6-9-2-1-4-15-9/h3,5,8-9,14-15H,1-2,4,6-7H2,(H,17,18,19)/t9-/m0/s1. The van der Waals surface area contributed by atoms with Crippen LogP contribution in [0.25, 0.3) is 10.9 Å². The van der Waals surface area contributed by atoms with E-state index in [0.717, 1.165) is 18.8 Å². The van der Waals surface area contributed by atoms with Crippen LogP contribution in [-0.2, 0) is 6.54 Å². The van der Waals surface area contributed by atoms with Crippen molar-refractivity contribution < 1.29 is 0 Å². The third-order valence-electron chi connectivity index (χ3n) is 3.48. The van der Waals surface area contributed by atoms with E-state index in [-0.39, 0.29) is 5.56 Å². The molecule has 1 atom stereocenters. The van der Waals surface area contributed by atoms with Crippen molar-refractivity contribution in [2.45, 2.75) is 25.4 Å². The first-order valence-electron chi connectivity index (χ1n) is 6.60. The average molecular weight is 259 g/mol. The summed E-state index contributed by atoms with van der Waals surface area (Å²) in [6.45, 7) is 2.66. The van der Waals surface area contributed by atoms with Gasteiger partial charge < -0.3 is 15.6 Å². The number of nitrogens with one attached hydrogen (secondary N) is 3. The molecule has 2 aromatic rings. The molecule has 0 amide bonds. The molecule has 0 aromatic carbocycles. The van der Waals surface area contributed by atoms with Crippen LogP contribution in [0.4, 0.5) is 0 Å². The number of hydrogen-bond donors (Lipinski definition) is 3. The van der Waals surface area contributed by atoms with Crippen molar-refractivity contribution in [2.75, 3.05) is 13.1 Å². The maximum absolute atomic E-state index is 11.7. The minimum absolute atomic E-state index is 0.119. The first-order valence-corrected chi connectivity index (χ1v) is 6.60. The maximum Gasteiger partial charge on any atom is 0.258 e.